The number of nitrogens with one attached hydrogen (secondary N) is 1. The summed E-state index contributed by atoms with van der Waals surface area (Å²) >= 11 is 0. The molecule has 138 valence electrons. The highest BCUT2D eigenvalue weighted by Crippen LogP contribution is 2.29. The number of amides is 1. The molecule has 1 heterocycles. The monoisotopic (exact) mass is 363 g/mol. The molecule has 0 saturated heterocycles. The van der Waals surface area contributed by atoms with Crippen molar-refractivity contribution in [2.45, 2.75) is 38.8 Å². The largest absolute Gasteiger partial charge is 0.485 e. The molecule has 0 radical (unpaired) electrons. The summed E-state index contributed by atoms with van der Waals surface area (Å²) in [6, 6.07) is 15.5. The smallest absolute Gasteiger partial charge is 0.251 e. The van der Waals surface area contributed by atoms with Crippen molar-refractivity contribution in [2.75, 3.05) is 0 Å². The zero-order valence-electron chi connectivity index (χ0n) is 15.1. The lowest BCUT2D eigenvalue weighted by Crippen LogP contribution is -2.30. The Morgan fingerprint density at radius 3 is 2.81 bits per heavy atom. The average Bonchev–Trinajstić information content (AvgIpc) is 3.12. The molecule has 0 bridgehead atoms. The first kappa shape index (κ1) is 17.3. The quantitative estimate of drug-likeness (QED) is 0.747. The van der Waals surface area contributed by atoms with Crippen LogP contribution < -0.4 is 10.1 Å². The van der Waals surface area contributed by atoms with Gasteiger partial charge in [-0.1, -0.05) is 29.4 Å². The molecule has 0 aliphatic heterocycles. The summed E-state index contributed by atoms with van der Waals surface area (Å²) in [7, 11) is 0. The van der Waals surface area contributed by atoms with Crippen molar-refractivity contribution < 1.29 is 14.1 Å². The van der Waals surface area contributed by atoms with Crippen molar-refractivity contribution in [3.05, 3.63) is 76.9 Å². The second kappa shape index (κ2) is 7.61. The van der Waals surface area contributed by atoms with Gasteiger partial charge in [0.05, 0.1) is 6.04 Å². The second-order valence-corrected chi connectivity index (χ2v) is 6.66. The zero-order chi connectivity index (χ0) is 18.6. The van der Waals surface area contributed by atoms with Gasteiger partial charge >= 0.3 is 0 Å². The maximum Gasteiger partial charge on any atom is 0.251 e. The molecule has 1 atom stereocenters. The molecule has 2 aromatic carbocycles. The van der Waals surface area contributed by atoms with Crippen LogP contribution in [-0.4, -0.2) is 16.0 Å². The Kier molecular flexibility index (Phi) is 4.87. The number of carbonyl (C=O) groups is 1. The number of carbonyl (C=O) groups excluding carboxylic acids is 1. The van der Waals surface area contributed by atoms with Crippen molar-refractivity contribution >= 4 is 5.91 Å². The van der Waals surface area contributed by atoms with Crippen LogP contribution in [0.1, 0.15) is 52.1 Å². The SMILES string of the molecule is Cc1nc(COc2ccc(C(=O)NC3CCCc4ccccc43)cc2)no1. The molecular weight excluding hydrogens is 342 g/mol. The first-order valence-corrected chi connectivity index (χ1v) is 9.10. The molecule has 1 amide bonds. The minimum absolute atomic E-state index is 0.0693. The number of aryl methyl sites for hydroxylation is 2. The van der Waals surface area contributed by atoms with E-state index in [9.17, 15) is 4.79 Å². The van der Waals surface area contributed by atoms with Crippen LogP contribution in [-0.2, 0) is 13.0 Å². The first-order valence-electron chi connectivity index (χ1n) is 9.10. The van der Waals surface area contributed by atoms with E-state index in [1.54, 1.807) is 31.2 Å². The Labute approximate surface area is 157 Å². The number of benzene rings is 2. The highest BCUT2D eigenvalue weighted by Gasteiger charge is 2.21. The molecule has 27 heavy (non-hydrogen) atoms. The number of ether oxygens (including phenoxy) is 1. The predicted molar refractivity (Wildman–Crippen MR) is 99.4 cm³/mol. The first-order chi connectivity index (χ1) is 13.2. The molecule has 6 heteroatoms. The van der Waals surface area contributed by atoms with Crippen molar-refractivity contribution in [3.63, 3.8) is 0 Å². The lowest BCUT2D eigenvalue weighted by Gasteiger charge is -2.26. The van der Waals surface area contributed by atoms with Gasteiger partial charge in [0.2, 0.25) is 11.7 Å². The summed E-state index contributed by atoms with van der Waals surface area (Å²) in [5, 5.41) is 6.94. The van der Waals surface area contributed by atoms with Gasteiger partial charge in [-0.2, -0.15) is 4.98 Å². The van der Waals surface area contributed by atoms with Crippen LogP contribution in [0.15, 0.2) is 53.1 Å². The lowest BCUT2D eigenvalue weighted by molar-refractivity contribution is 0.0932. The van der Waals surface area contributed by atoms with Crippen molar-refractivity contribution in [1.29, 1.82) is 0 Å². The third kappa shape index (κ3) is 4.00. The minimum atomic E-state index is -0.0722. The van der Waals surface area contributed by atoms with Gasteiger partial charge in [-0.15, -0.1) is 0 Å². The van der Waals surface area contributed by atoms with E-state index in [0.717, 1.165) is 19.3 Å². The number of aromatic nitrogens is 2. The number of nitrogens with zero attached hydrogens (tertiary/aromatic N) is 2. The minimum Gasteiger partial charge on any atom is -0.485 e. The Hall–Kier alpha value is -3.15. The molecule has 1 aliphatic carbocycles. The highest BCUT2D eigenvalue weighted by molar-refractivity contribution is 5.94. The van der Waals surface area contributed by atoms with E-state index in [-0.39, 0.29) is 18.6 Å². The Morgan fingerprint density at radius 2 is 2.04 bits per heavy atom. The predicted octanol–water partition coefficient (Wildman–Crippen LogP) is 3.76. The number of fused-ring (bicyclic) bond motifs is 1. The number of hydrogen-bond donors (Lipinski definition) is 1. The molecule has 1 aromatic heterocycles. The van der Waals surface area contributed by atoms with E-state index in [0.29, 0.717) is 23.0 Å². The molecule has 1 unspecified atom stereocenters. The van der Waals surface area contributed by atoms with Crippen molar-refractivity contribution in [1.82, 2.24) is 15.5 Å². The normalized spacial score (nSPS) is 15.8. The van der Waals surface area contributed by atoms with Crippen LogP contribution in [0.2, 0.25) is 0 Å². The molecule has 3 aromatic rings. The van der Waals surface area contributed by atoms with Gasteiger partial charge in [0.25, 0.3) is 5.91 Å². The van der Waals surface area contributed by atoms with Gasteiger partial charge in [-0.25, -0.2) is 0 Å². The van der Waals surface area contributed by atoms with E-state index in [4.69, 9.17) is 9.26 Å². The third-order valence-electron chi connectivity index (χ3n) is 4.73. The van der Waals surface area contributed by atoms with Gasteiger partial charge in [-0.05, 0) is 54.7 Å². The summed E-state index contributed by atoms with van der Waals surface area (Å²) in [5.41, 5.74) is 3.17. The van der Waals surface area contributed by atoms with Crippen LogP contribution in [0.5, 0.6) is 5.75 Å². The summed E-state index contributed by atoms with van der Waals surface area (Å²) in [6.07, 6.45) is 3.13. The van der Waals surface area contributed by atoms with Gasteiger partial charge in [0, 0.05) is 12.5 Å². The maximum absolute atomic E-state index is 12.6. The van der Waals surface area contributed by atoms with Gasteiger partial charge in [0.1, 0.15) is 5.75 Å². The van der Waals surface area contributed by atoms with Crippen LogP contribution in [0.3, 0.4) is 0 Å². The molecule has 0 fully saturated rings. The van der Waals surface area contributed by atoms with Gasteiger partial charge in [-0.3, -0.25) is 4.79 Å². The fourth-order valence-electron chi connectivity index (χ4n) is 3.40. The fourth-order valence-corrected chi connectivity index (χ4v) is 3.40. The van der Waals surface area contributed by atoms with Crippen LogP contribution in [0.4, 0.5) is 0 Å². The summed E-state index contributed by atoms with van der Waals surface area (Å²) in [4.78, 5) is 16.7. The molecule has 1 aliphatic rings. The maximum atomic E-state index is 12.6. The fraction of sp³-hybridized carbons (Fsp3) is 0.286. The highest BCUT2D eigenvalue weighted by atomic mass is 16.5. The Balaban J connectivity index is 1.38. The zero-order valence-corrected chi connectivity index (χ0v) is 15.1. The second-order valence-electron chi connectivity index (χ2n) is 6.66. The van der Waals surface area contributed by atoms with Gasteiger partial charge in [0.15, 0.2) is 6.61 Å². The molecule has 0 saturated carbocycles. The summed E-state index contributed by atoms with van der Waals surface area (Å²) < 4.78 is 10.5. The van der Waals surface area contributed by atoms with Crippen molar-refractivity contribution in [2.24, 2.45) is 0 Å². The van der Waals surface area contributed by atoms with E-state index in [1.165, 1.54) is 11.1 Å². The molecule has 4 rings (SSSR count). The lowest BCUT2D eigenvalue weighted by atomic mass is 9.87. The van der Waals surface area contributed by atoms with Crippen LogP contribution in [0.25, 0.3) is 0 Å². The molecule has 6 nitrogen and oxygen atoms in total. The standard InChI is InChI=1S/C21H21N3O3/c1-14-22-20(24-27-14)13-26-17-11-9-16(10-12-17)21(25)23-19-8-4-6-15-5-2-3-7-18(15)19/h2-3,5,7,9-12,19H,4,6,8,13H2,1H3,(H,23,25). The summed E-state index contributed by atoms with van der Waals surface area (Å²) in [6.45, 7) is 1.95. The van der Waals surface area contributed by atoms with Crippen LogP contribution >= 0.6 is 0 Å². The summed E-state index contributed by atoms with van der Waals surface area (Å²) in [5.74, 6) is 1.57. The number of rotatable bonds is 5. The van der Waals surface area contributed by atoms with Crippen LogP contribution in [0, 0.1) is 6.92 Å². The van der Waals surface area contributed by atoms with E-state index >= 15 is 0 Å². The third-order valence-corrected chi connectivity index (χ3v) is 4.73. The van der Waals surface area contributed by atoms with Crippen molar-refractivity contribution in [3.8, 4) is 5.75 Å². The van der Waals surface area contributed by atoms with E-state index in [1.807, 2.05) is 6.07 Å². The average molecular weight is 363 g/mol. The molecular formula is C21H21N3O3. The van der Waals surface area contributed by atoms with Gasteiger partial charge < -0.3 is 14.6 Å². The molecule has 0 spiro atoms. The van der Waals surface area contributed by atoms with E-state index in [2.05, 4.69) is 33.7 Å². The number of hydrogen-bond acceptors (Lipinski definition) is 5. The van der Waals surface area contributed by atoms with E-state index < -0.39 is 0 Å². The topological polar surface area (TPSA) is 77.2 Å². The Bertz CT molecular complexity index is 934. The Morgan fingerprint density at radius 1 is 1.22 bits per heavy atom. The molecule has 1 N–H and O–H groups in total.